The summed E-state index contributed by atoms with van der Waals surface area (Å²) in [6.45, 7) is 0. The van der Waals surface area contributed by atoms with Crippen LogP contribution in [0.2, 0.25) is 0 Å². The van der Waals surface area contributed by atoms with Crippen LogP contribution in [0, 0.1) is 5.82 Å². The molecule has 0 atom stereocenters. The number of halogens is 1. The van der Waals surface area contributed by atoms with Crippen molar-refractivity contribution in [2.75, 3.05) is 5.32 Å². The summed E-state index contributed by atoms with van der Waals surface area (Å²) in [6.07, 6.45) is 1.61. The Labute approximate surface area is 174 Å². The molecule has 5 aromatic rings. The zero-order valence-electron chi connectivity index (χ0n) is 15.4. The molecule has 0 spiro atoms. The third-order valence-corrected chi connectivity index (χ3v) is 5.41. The molecule has 0 saturated heterocycles. The van der Waals surface area contributed by atoms with Crippen LogP contribution in [0.25, 0.3) is 32.9 Å². The molecule has 6 nitrogen and oxygen atoms in total. The molecular formula is C22H13FN4O2S. The number of amides is 1. The molecule has 0 aliphatic carbocycles. The molecule has 1 amide bonds. The van der Waals surface area contributed by atoms with E-state index in [9.17, 15) is 9.18 Å². The van der Waals surface area contributed by atoms with Crippen LogP contribution in [-0.4, -0.2) is 21.0 Å². The lowest BCUT2D eigenvalue weighted by atomic mass is 10.1. The van der Waals surface area contributed by atoms with Gasteiger partial charge in [0.1, 0.15) is 16.4 Å². The first kappa shape index (κ1) is 18.1. The number of anilines is 1. The van der Waals surface area contributed by atoms with Gasteiger partial charge in [0.25, 0.3) is 11.8 Å². The predicted molar refractivity (Wildman–Crippen MR) is 113 cm³/mol. The number of hydrogen-bond acceptors (Lipinski definition) is 6. The summed E-state index contributed by atoms with van der Waals surface area (Å²) in [6, 6.07) is 17.1. The van der Waals surface area contributed by atoms with Crippen molar-refractivity contribution in [2.45, 2.75) is 0 Å². The van der Waals surface area contributed by atoms with E-state index in [2.05, 4.69) is 20.4 Å². The molecule has 0 unspecified atom stereocenters. The molecule has 8 heteroatoms. The number of rotatable bonds is 4. The van der Waals surface area contributed by atoms with Crippen LogP contribution in [-0.2, 0) is 0 Å². The number of nitrogens with one attached hydrogen (secondary N) is 1. The third-order valence-electron chi connectivity index (χ3n) is 4.51. The van der Waals surface area contributed by atoms with Crippen molar-refractivity contribution in [1.29, 1.82) is 0 Å². The van der Waals surface area contributed by atoms with Gasteiger partial charge in [0.15, 0.2) is 0 Å². The fraction of sp³-hybridized carbons (Fsp3) is 0. The molecular weight excluding hydrogens is 403 g/mol. The average Bonchev–Trinajstić information content (AvgIpc) is 3.43. The molecule has 146 valence electrons. The molecule has 30 heavy (non-hydrogen) atoms. The molecule has 0 fully saturated rings. The van der Waals surface area contributed by atoms with Crippen molar-refractivity contribution in [2.24, 2.45) is 0 Å². The van der Waals surface area contributed by atoms with E-state index >= 15 is 0 Å². The first-order chi connectivity index (χ1) is 14.7. The van der Waals surface area contributed by atoms with Crippen molar-refractivity contribution in [1.82, 2.24) is 15.1 Å². The van der Waals surface area contributed by atoms with Gasteiger partial charge in [-0.25, -0.2) is 4.39 Å². The first-order valence-corrected chi connectivity index (χ1v) is 9.89. The lowest BCUT2D eigenvalue weighted by Gasteiger charge is -2.07. The summed E-state index contributed by atoms with van der Waals surface area (Å²) in [7, 11) is 0. The van der Waals surface area contributed by atoms with Gasteiger partial charge in [-0.3, -0.25) is 9.78 Å². The van der Waals surface area contributed by atoms with E-state index in [1.165, 1.54) is 23.5 Å². The number of aromatic nitrogens is 3. The zero-order valence-corrected chi connectivity index (χ0v) is 16.2. The summed E-state index contributed by atoms with van der Waals surface area (Å²) in [5.41, 5.74) is 1.37. The molecule has 0 aliphatic heterocycles. The fourth-order valence-electron chi connectivity index (χ4n) is 3.12. The maximum Gasteiger partial charge on any atom is 0.274 e. The highest BCUT2D eigenvalue weighted by Crippen LogP contribution is 2.34. The van der Waals surface area contributed by atoms with Crippen LogP contribution in [0.5, 0.6) is 0 Å². The van der Waals surface area contributed by atoms with Gasteiger partial charge in [0.05, 0.1) is 5.69 Å². The highest BCUT2D eigenvalue weighted by Gasteiger charge is 2.19. The summed E-state index contributed by atoms with van der Waals surface area (Å²) in [5, 5.41) is 10.3. The predicted octanol–water partition coefficient (Wildman–Crippen LogP) is 5.40. The number of nitrogens with zero attached hydrogens (tertiary/aromatic N) is 3. The van der Waals surface area contributed by atoms with Crippen molar-refractivity contribution in [3.8, 4) is 22.2 Å². The number of pyridine rings is 1. The smallest absolute Gasteiger partial charge is 0.274 e. The summed E-state index contributed by atoms with van der Waals surface area (Å²) in [5.74, 6) is -0.210. The Balaban J connectivity index is 1.45. The van der Waals surface area contributed by atoms with E-state index in [0.29, 0.717) is 21.8 Å². The Hall–Kier alpha value is -3.91. The van der Waals surface area contributed by atoms with Gasteiger partial charge in [0.2, 0.25) is 5.82 Å². The molecule has 0 radical (unpaired) electrons. The highest BCUT2D eigenvalue weighted by atomic mass is 32.1. The fourth-order valence-corrected chi connectivity index (χ4v) is 3.89. The Kier molecular flexibility index (Phi) is 4.53. The largest absolute Gasteiger partial charge is 0.333 e. The van der Waals surface area contributed by atoms with Gasteiger partial charge in [-0.05, 0) is 35.0 Å². The monoisotopic (exact) mass is 416 g/mol. The maximum absolute atomic E-state index is 13.5. The van der Waals surface area contributed by atoms with Crippen LogP contribution in [0.15, 0.2) is 76.8 Å². The molecule has 0 bridgehead atoms. The van der Waals surface area contributed by atoms with Gasteiger partial charge in [-0.15, -0.1) is 11.3 Å². The summed E-state index contributed by atoms with van der Waals surface area (Å²) < 4.78 is 18.8. The van der Waals surface area contributed by atoms with E-state index in [1.807, 2.05) is 35.7 Å². The highest BCUT2D eigenvalue weighted by molar-refractivity contribution is 7.14. The topological polar surface area (TPSA) is 80.9 Å². The minimum atomic E-state index is -0.384. The number of benzene rings is 2. The van der Waals surface area contributed by atoms with Crippen LogP contribution in [0.1, 0.15) is 10.5 Å². The van der Waals surface area contributed by atoms with Crippen molar-refractivity contribution < 1.29 is 13.7 Å². The van der Waals surface area contributed by atoms with Crippen LogP contribution < -0.4 is 5.32 Å². The number of carbonyl (C=O) groups is 1. The number of hydrogen-bond donors (Lipinski definition) is 1. The third kappa shape index (κ3) is 3.33. The summed E-state index contributed by atoms with van der Waals surface area (Å²) in [4.78, 5) is 22.1. The first-order valence-electron chi connectivity index (χ1n) is 9.01. The second kappa shape index (κ2) is 7.49. The molecule has 3 heterocycles. The van der Waals surface area contributed by atoms with Crippen LogP contribution >= 0.6 is 11.3 Å². The van der Waals surface area contributed by atoms with Gasteiger partial charge in [0, 0.05) is 17.1 Å². The van der Waals surface area contributed by atoms with Crippen molar-refractivity contribution in [3.63, 3.8) is 0 Å². The van der Waals surface area contributed by atoms with E-state index in [4.69, 9.17) is 4.52 Å². The lowest BCUT2D eigenvalue weighted by Crippen LogP contribution is -2.14. The zero-order chi connectivity index (χ0) is 20.5. The summed E-state index contributed by atoms with van der Waals surface area (Å²) >= 11 is 1.35. The van der Waals surface area contributed by atoms with Crippen molar-refractivity contribution in [3.05, 3.63) is 83.8 Å². The Morgan fingerprint density at radius 1 is 1.07 bits per heavy atom. The van der Waals surface area contributed by atoms with E-state index in [-0.39, 0.29) is 23.4 Å². The van der Waals surface area contributed by atoms with Crippen LogP contribution in [0.4, 0.5) is 10.1 Å². The van der Waals surface area contributed by atoms with Gasteiger partial charge in [-0.1, -0.05) is 41.6 Å². The molecule has 0 saturated carbocycles. The SMILES string of the molecule is O=C(Nc1ccsc1-c1nc(-c2cccc(F)c2)no1)c1nccc2ccccc12. The van der Waals surface area contributed by atoms with Crippen LogP contribution in [0.3, 0.4) is 0 Å². The standard InChI is InChI=1S/C22H13FN4O2S/c23-15-6-3-5-14(12-15)20-26-22(29-27-20)19-17(9-11-30-19)25-21(28)18-16-7-2-1-4-13(16)8-10-24-18/h1-12H,(H,25,28). The lowest BCUT2D eigenvalue weighted by molar-refractivity contribution is 0.102. The minimum Gasteiger partial charge on any atom is -0.333 e. The van der Waals surface area contributed by atoms with E-state index in [1.54, 1.807) is 24.4 Å². The molecule has 2 aromatic carbocycles. The van der Waals surface area contributed by atoms with Gasteiger partial charge in [-0.2, -0.15) is 4.98 Å². The van der Waals surface area contributed by atoms with Crippen molar-refractivity contribution >= 4 is 33.7 Å². The normalized spacial score (nSPS) is 11.0. The van der Waals surface area contributed by atoms with E-state index in [0.717, 1.165) is 10.8 Å². The Bertz CT molecular complexity index is 1370. The maximum atomic E-state index is 13.5. The molecule has 5 rings (SSSR count). The molecule has 0 aliphatic rings. The Morgan fingerprint density at radius 2 is 1.97 bits per heavy atom. The number of fused-ring (bicyclic) bond motifs is 1. The molecule has 3 aromatic heterocycles. The minimum absolute atomic E-state index is 0.241. The molecule has 1 N–H and O–H groups in total. The average molecular weight is 416 g/mol. The number of carbonyl (C=O) groups excluding carboxylic acids is 1. The Morgan fingerprint density at radius 3 is 2.87 bits per heavy atom. The second-order valence-corrected chi connectivity index (χ2v) is 7.35. The van der Waals surface area contributed by atoms with Gasteiger partial charge < -0.3 is 9.84 Å². The van der Waals surface area contributed by atoms with Gasteiger partial charge >= 0.3 is 0 Å². The quantitative estimate of drug-likeness (QED) is 0.424. The second-order valence-electron chi connectivity index (χ2n) is 6.43. The number of thiophene rings is 1. The van der Waals surface area contributed by atoms with E-state index < -0.39 is 0 Å².